The molecule has 1 aromatic heterocycles. The summed E-state index contributed by atoms with van der Waals surface area (Å²) < 4.78 is 7.25. The molecule has 8 heteroatoms. The van der Waals surface area contributed by atoms with Gasteiger partial charge in [0.15, 0.2) is 0 Å². The van der Waals surface area contributed by atoms with Gasteiger partial charge in [-0.2, -0.15) is 0 Å². The van der Waals surface area contributed by atoms with E-state index < -0.39 is 5.41 Å². The van der Waals surface area contributed by atoms with Gasteiger partial charge in [0.2, 0.25) is 11.7 Å². The Morgan fingerprint density at radius 2 is 2.23 bits per heavy atom. The van der Waals surface area contributed by atoms with Crippen LogP contribution in [0.3, 0.4) is 0 Å². The van der Waals surface area contributed by atoms with Gasteiger partial charge in [0.25, 0.3) is 5.91 Å². The molecule has 0 N–H and O–H groups in total. The Morgan fingerprint density at radius 1 is 1.45 bits per heavy atom. The van der Waals surface area contributed by atoms with Crippen LogP contribution in [0.4, 0.5) is 0 Å². The highest BCUT2D eigenvalue weighted by molar-refractivity contribution is 5.91. The zero-order chi connectivity index (χ0) is 15.9. The van der Waals surface area contributed by atoms with Crippen LogP contribution in [0.5, 0.6) is 0 Å². The minimum absolute atomic E-state index is 0.0291. The number of likely N-dealkylation sites (tertiary alicyclic amines) is 1. The Morgan fingerprint density at radius 3 is 2.86 bits per heavy atom. The normalized spacial score (nSPS) is 27.6. The van der Waals surface area contributed by atoms with Crippen molar-refractivity contribution in [1.29, 1.82) is 0 Å². The minimum atomic E-state index is -0.633. The maximum absolute atomic E-state index is 12.7. The quantitative estimate of drug-likeness (QED) is 0.737. The number of carbonyl (C=O) groups excluding carboxylic acids is 2. The number of aryl methyl sites for hydroxylation is 1. The lowest BCUT2D eigenvalue weighted by molar-refractivity contribution is -0.146. The molecule has 0 spiro atoms. The van der Waals surface area contributed by atoms with Crippen LogP contribution in [0.25, 0.3) is 0 Å². The van der Waals surface area contributed by atoms with Crippen LogP contribution in [-0.2, 0) is 16.6 Å². The van der Waals surface area contributed by atoms with E-state index in [0.717, 1.165) is 0 Å². The molecule has 2 amide bonds. The van der Waals surface area contributed by atoms with Crippen LogP contribution >= 0.6 is 0 Å². The second-order valence-electron chi connectivity index (χ2n) is 6.22. The van der Waals surface area contributed by atoms with Crippen molar-refractivity contribution in [1.82, 2.24) is 24.6 Å². The number of amides is 2. The number of hydrogen-bond acceptors (Lipinski definition) is 5. The number of piperidine rings is 1. The lowest BCUT2D eigenvalue weighted by Gasteiger charge is -2.43. The van der Waals surface area contributed by atoms with Gasteiger partial charge in [-0.05, 0) is 12.8 Å². The van der Waals surface area contributed by atoms with Gasteiger partial charge in [-0.3, -0.25) is 14.3 Å². The van der Waals surface area contributed by atoms with Gasteiger partial charge in [0.1, 0.15) is 6.33 Å². The van der Waals surface area contributed by atoms with E-state index in [1.165, 1.54) is 11.0 Å². The highest BCUT2D eigenvalue weighted by Crippen LogP contribution is 2.42. The van der Waals surface area contributed by atoms with E-state index in [1.54, 1.807) is 30.9 Å². The molecule has 3 rings (SSSR count). The zero-order valence-electron chi connectivity index (χ0n) is 13.2. The third kappa shape index (κ3) is 2.27. The van der Waals surface area contributed by atoms with E-state index in [-0.39, 0.29) is 23.7 Å². The average molecular weight is 307 g/mol. The highest BCUT2D eigenvalue weighted by Gasteiger charge is 2.54. The second kappa shape index (κ2) is 5.35. The Hall–Kier alpha value is -1.96. The molecular weight excluding hydrogens is 286 g/mol. The molecule has 2 saturated heterocycles. The van der Waals surface area contributed by atoms with Crippen LogP contribution in [0.15, 0.2) is 6.33 Å². The predicted molar refractivity (Wildman–Crippen MR) is 77.0 cm³/mol. The average Bonchev–Trinajstić information content (AvgIpc) is 3.11. The van der Waals surface area contributed by atoms with Crippen molar-refractivity contribution in [2.24, 2.45) is 12.5 Å². The first-order valence-electron chi connectivity index (χ1n) is 7.42. The summed E-state index contributed by atoms with van der Waals surface area (Å²) in [6.45, 7) is 1.49. The number of nitrogens with zero attached hydrogens (tertiary/aromatic N) is 5. The molecule has 2 fully saturated rings. The molecule has 1 aromatic rings. The van der Waals surface area contributed by atoms with Crippen molar-refractivity contribution in [3.05, 3.63) is 12.2 Å². The Kier molecular flexibility index (Phi) is 3.64. The van der Waals surface area contributed by atoms with Crippen molar-refractivity contribution in [3.8, 4) is 0 Å². The maximum Gasteiger partial charge on any atom is 0.293 e. The number of ether oxygens (including phenoxy) is 1. The Balaban J connectivity index is 1.84. The van der Waals surface area contributed by atoms with Gasteiger partial charge >= 0.3 is 0 Å². The van der Waals surface area contributed by atoms with Crippen molar-refractivity contribution in [3.63, 3.8) is 0 Å². The van der Waals surface area contributed by atoms with Crippen LogP contribution in [0, 0.1) is 5.41 Å². The molecule has 2 aliphatic rings. The molecule has 2 atom stereocenters. The van der Waals surface area contributed by atoms with Gasteiger partial charge in [0, 0.05) is 40.8 Å². The molecule has 0 unspecified atom stereocenters. The highest BCUT2D eigenvalue weighted by atomic mass is 16.5. The fourth-order valence-corrected chi connectivity index (χ4v) is 3.45. The van der Waals surface area contributed by atoms with Crippen molar-refractivity contribution < 1.29 is 14.3 Å². The summed E-state index contributed by atoms with van der Waals surface area (Å²) >= 11 is 0. The van der Waals surface area contributed by atoms with Crippen molar-refractivity contribution in [2.45, 2.75) is 18.9 Å². The summed E-state index contributed by atoms with van der Waals surface area (Å²) in [7, 11) is 5.21. The van der Waals surface area contributed by atoms with E-state index >= 15 is 0 Å². The van der Waals surface area contributed by atoms with Crippen LogP contribution in [0.1, 0.15) is 23.5 Å². The number of carbonyl (C=O) groups is 2. The number of hydrogen-bond donors (Lipinski definition) is 0. The van der Waals surface area contributed by atoms with Crippen LogP contribution in [0.2, 0.25) is 0 Å². The number of rotatable bonds is 2. The molecule has 22 heavy (non-hydrogen) atoms. The fraction of sp³-hybridized carbons (Fsp3) is 0.714. The molecule has 3 heterocycles. The first-order valence-corrected chi connectivity index (χ1v) is 7.42. The lowest BCUT2D eigenvalue weighted by atomic mass is 9.75. The van der Waals surface area contributed by atoms with Gasteiger partial charge in [-0.1, -0.05) is 0 Å². The van der Waals surface area contributed by atoms with Gasteiger partial charge in [0.05, 0.1) is 11.5 Å². The molecule has 0 aliphatic carbocycles. The van der Waals surface area contributed by atoms with Gasteiger partial charge in [-0.25, -0.2) is 4.98 Å². The topological polar surface area (TPSA) is 80.6 Å². The second-order valence-corrected chi connectivity index (χ2v) is 6.22. The molecule has 0 bridgehead atoms. The Labute approximate surface area is 129 Å². The molecule has 0 radical (unpaired) electrons. The summed E-state index contributed by atoms with van der Waals surface area (Å²) in [5.41, 5.74) is -0.633. The SMILES string of the molecule is CN(C)C(=O)[C@@]12CCO[C@@H]1CCN(C(=O)c1ncn(C)n1)C2. The van der Waals surface area contributed by atoms with E-state index in [1.807, 2.05) is 0 Å². The molecular formula is C14H21N5O3. The first-order chi connectivity index (χ1) is 10.4. The van der Waals surface area contributed by atoms with Crippen molar-refractivity contribution >= 4 is 11.8 Å². The maximum atomic E-state index is 12.7. The minimum Gasteiger partial charge on any atom is -0.377 e. The Bertz CT molecular complexity index is 599. The molecule has 8 nitrogen and oxygen atoms in total. The standard InChI is InChI=1S/C14H21N5O3/c1-17(2)13(21)14-5-7-22-10(14)4-6-19(8-14)12(20)11-15-9-18(3)16-11/h9-10H,4-8H2,1-3H3/t10-,14-/m1/s1. The first kappa shape index (κ1) is 15.0. The summed E-state index contributed by atoms with van der Waals surface area (Å²) in [5, 5.41) is 4.06. The zero-order valence-corrected chi connectivity index (χ0v) is 13.2. The monoisotopic (exact) mass is 307 g/mol. The lowest BCUT2D eigenvalue weighted by Crippen LogP contribution is -2.58. The molecule has 0 aromatic carbocycles. The predicted octanol–water partition coefficient (Wildman–Crippen LogP) is -0.475. The summed E-state index contributed by atoms with van der Waals surface area (Å²) in [5.74, 6) is -0.0225. The number of aromatic nitrogens is 3. The van der Waals surface area contributed by atoms with E-state index in [2.05, 4.69) is 10.1 Å². The van der Waals surface area contributed by atoms with E-state index in [4.69, 9.17) is 4.74 Å². The largest absolute Gasteiger partial charge is 0.377 e. The summed E-state index contributed by atoms with van der Waals surface area (Å²) in [4.78, 5) is 32.5. The summed E-state index contributed by atoms with van der Waals surface area (Å²) in [6, 6.07) is 0. The third-order valence-electron chi connectivity index (χ3n) is 4.53. The van der Waals surface area contributed by atoms with Crippen LogP contribution < -0.4 is 0 Å². The van der Waals surface area contributed by atoms with Crippen LogP contribution in [-0.4, -0.2) is 76.3 Å². The summed E-state index contributed by atoms with van der Waals surface area (Å²) in [6.07, 6.45) is 2.70. The fourth-order valence-electron chi connectivity index (χ4n) is 3.45. The molecule has 0 saturated carbocycles. The number of fused-ring (bicyclic) bond motifs is 1. The van der Waals surface area contributed by atoms with Crippen molar-refractivity contribution in [2.75, 3.05) is 33.8 Å². The molecule has 120 valence electrons. The van der Waals surface area contributed by atoms with Gasteiger partial charge in [-0.15, -0.1) is 5.10 Å². The smallest absolute Gasteiger partial charge is 0.293 e. The van der Waals surface area contributed by atoms with E-state index in [0.29, 0.717) is 32.5 Å². The van der Waals surface area contributed by atoms with E-state index in [9.17, 15) is 9.59 Å². The third-order valence-corrected chi connectivity index (χ3v) is 4.53. The molecule has 2 aliphatic heterocycles. The van der Waals surface area contributed by atoms with Gasteiger partial charge < -0.3 is 14.5 Å².